The molecule has 0 aliphatic carbocycles. The van der Waals surface area contributed by atoms with E-state index in [9.17, 15) is 10.2 Å². The van der Waals surface area contributed by atoms with Gasteiger partial charge in [-0.25, -0.2) is 0 Å². The molecule has 1 fully saturated rings. The molecular formula is C8H16O3. The average Bonchev–Trinajstić information content (AvgIpc) is 1.99. The number of hydrogen-bond acceptors (Lipinski definition) is 3. The lowest BCUT2D eigenvalue weighted by Crippen LogP contribution is -2.46. The first-order valence-electron chi connectivity index (χ1n) is 4.16. The van der Waals surface area contributed by atoms with E-state index in [-0.39, 0.29) is 12.2 Å². The standard InChI is InChI=1S/C8H16O3/c1-3-6-4-7(9)8(10)5(2)11-6/h5-10H,3-4H2,1-2H3/t5?,6-,7?,8+/m0/s1. The van der Waals surface area contributed by atoms with Crippen LogP contribution in [-0.4, -0.2) is 34.6 Å². The second kappa shape index (κ2) is 3.52. The molecule has 1 aliphatic rings. The highest BCUT2D eigenvalue weighted by molar-refractivity contribution is 4.82. The molecule has 0 aromatic carbocycles. The van der Waals surface area contributed by atoms with Gasteiger partial charge in [-0.3, -0.25) is 0 Å². The van der Waals surface area contributed by atoms with Crippen LogP contribution in [-0.2, 0) is 4.74 Å². The van der Waals surface area contributed by atoms with Crippen molar-refractivity contribution in [2.75, 3.05) is 0 Å². The molecule has 3 heteroatoms. The fourth-order valence-electron chi connectivity index (χ4n) is 1.42. The minimum absolute atomic E-state index is 0.114. The molecule has 0 aromatic rings. The normalized spacial score (nSPS) is 45.8. The van der Waals surface area contributed by atoms with Gasteiger partial charge in [-0.1, -0.05) is 6.92 Å². The van der Waals surface area contributed by atoms with Crippen LogP contribution < -0.4 is 0 Å². The summed E-state index contributed by atoms with van der Waals surface area (Å²) in [5.74, 6) is 0. The van der Waals surface area contributed by atoms with Crippen molar-refractivity contribution in [1.29, 1.82) is 0 Å². The first kappa shape index (κ1) is 8.97. The van der Waals surface area contributed by atoms with Crippen LogP contribution in [0.15, 0.2) is 0 Å². The third-order valence-corrected chi connectivity index (χ3v) is 2.24. The second-order valence-corrected chi connectivity index (χ2v) is 3.17. The van der Waals surface area contributed by atoms with Crippen LogP contribution in [0.3, 0.4) is 0 Å². The minimum atomic E-state index is -0.710. The molecule has 0 aromatic heterocycles. The fourth-order valence-corrected chi connectivity index (χ4v) is 1.42. The molecular weight excluding hydrogens is 144 g/mol. The SMILES string of the molecule is CC[C@H]1CC(O)[C@H](O)C(C)O1. The van der Waals surface area contributed by atoms with Gasteiger partial charge in [0.25, 0.3) is 0 Å². The molecule has 3 nitrogen and oxygen atoms in total. The smallest absolute Gasteiger partial charge is 0.106 e. The van der Waals surface area contributed by atoms with Gasteiger partial charge >= 0.3 is 0 Å². The molecule has 11 heavy (non-hydrogen) atoms. The Morgan fingerprint density at radius 1 is 1.45 bits per heavy atom. The van der Waals surface area contributed by atoms with E-state index in [2.05, 4.69) is 0 Å². The van der Waals surface area contributed by atoms with Gasteiger partial charge in [0.05, 0.1) is 18.3 Å². The number of rotatable bonds is 1. The predicted molar refractivity (Wildman–Crippen MR) is 41.3 cm³/mol. The lowest BCUT2D eigenvalue weighted by atomic mass is 9.98. The van der Waals surface area contributed by atoms with E-state index in [4.69, 9.17) is 4.74 Å². The van der Waals surface area contributed by atoms with Gasteiger partial charge in [-0.2, -0.15) is 0 Å². The van der Waals surface area contributed by atoms with Crippen molar-refractivity contribution in [3.05, 3.63) is 0 Å². The van der Waals surface area contributed by atoms with Crippen molar-refractivity contribution in [2.45, 2.75) is 51.1 Å². The molecule has 0 radical (unpaired) electrons. The third-order valence-electron chi connectivity index (χ3n) is 2.24. The summed E-state index contributed by atoms with van der Waals surface area (Å²) in [6.07, 6.45) is 0.0180. The summed E-state index contributed by atoms with van der Waals surface area (Å²) in [5.41, 5.74) is 0. The van der Waals surface area contributed by atoms with E-state index in [1.165, 1.54) is 0 Å². The highest BCUT2D eigenvalue weighted by atomic mass is 16.5. The summed E-state index contributed by atoms with van der Waals surface area (Å²) < 4.78 is 5.41. The molecule has 1 aliphatic heterocycles. The summed E-state index contributed by atoms with van der Waals surface area (Å²) in [6.45, 7) is 3.80. The molecule has 1 heterocycles. The molecule has 4 atom stereocenters. The van der Waals surface area contributed by atoms with Crippen LogP contribution in [0.2, 0.25) is 0 Å². The van der Waals surface area contributed by atoms with Crippen LogP contribution in [0, 0.1) is 0 Å². The van der Waals surface area contributed by atoms with E-state index in [0.717, 1.165) is 6.42 Å². The van der Waals surface area contributed by atoms with E-state index < -0.39 is 12.2 Å². The topological polar surface area (TPSA) is 49.7 Å². The molecule has 0 amide bonds. The molecule has 1 saturated heterocycles. The molecule has 0 spiro atoms. The Morgan fingerprint density at radius 2 is 2.09 bits per heavy atom. The molecule has 0 saturated carbocycles. The van der Waals surface area contributed by atoms with E-state index >= 15 is 0 Å². The van der Waals surface area contributed by atoms with Crippen molar-refractivity contribution in [1.82, 2.24) is 0 Å². The first-order chi connectivity index (χ1) is 5.15. The third kappa shape index (κ3) is 1.92. The zero-order chi connectivity index (χ0) is 8.43. The Labute approximate surface area is 67.0 Å². The number of aliphatic hydroxyl groups excluding tert-OH is 2. The highest BCUT2D eigenvalue weighted by Gasteiger charge is 2.32. The van der Waals surface area contributed by atoms with E-state index in [1.807, 2.05) is 6.92 Å². The Balaban J connectivity index is 2.47. The average molecular weight is 160 g/mol. The maximum atomic E-state index is 9.32. The monoisotopic (exact) mass is 160 g/mol. The van der Waals surface area contributed by atoms with Crippen LogP contribution in [0.5, 0.6) is 0 Å². The fraction of sp³-hybridized carbons (Fsp3) is 1.00. The first-order valence-corrected chi connectivity index (χ1v) is 4.16. The number of aliphatic hydroxyl groups is 2. The molecule has 2 unspecified atom stereocenters. The van der Waals surface area contributed by atoms with Crippen molar-refractivity contribution in [3.63, 3.8) is 0 Å². The molecule has 0 bridgehead atoms. The van der Waals surface area contributed by atoms with Crippen LogP contribution in [0.1, 0.15) is 26.7 Å². The maximum absolute atomic E-state index is 9.32. The largest absolute Gasteiger partial charge is 0.390 e. The van der Waals surface area contributed by atoms with Gasteiger partial charge in [-0.05, 0) is 13.3 Å². The van der Waals surface area contributed by atoms with E-state index in [1.54, 1.807) is 6.92 Å². The molecule has 66 valence electrons. The van der Waals surface area contributed by atoms with Crippen LogP contribution in [0.25, 0.3) is 0 Å². The summed E-state index contributed by atoms with van der Waals surface area (Å²) in [7, 11) is 0. The van der Waals surface area contributed by atoms with Crippen LogP contribution in [0.4, 0.5) is 0 Å². The summed E-state index contributed by atoms with van der Waals surface area (Å²) in [5, 5.41) is 18.6. The minimum Gasteiger partial charge on any atom is -0.390 e. The van der Waals surface area contributed by atoms with Crippen LogP contribution >= 0.6 is 0 Å². The van der Waals surface area contributed by atoms with Gasteiger partial charge in [0.15, 0.2) is 0 Å². The lowest BCUT2D eigenvalue weighted by molar-refractivity contribution is -0.161. The van der Waals surface area contributed by atoms with Gasteiger partial charge in [-0.15, -0.1) is 0 Å². The number of hydrogen-bond donors (Lipinski definition) is 2. The van der Waals surface area contributed by atoms with Gasteiger partial charge in [0, 0.05) is 6.42 Å². The van der Waals surface area contributed by atoms with Crippen molar-refractivity contribution < 1.29 is 14.9 Å². The molecule has 2 N–H and O–H groups in total. The van der Waals surface area contributed by atoms with Crippen molar-refractivity contribution in [3.8, 4) is 0 Å². The maximum Gasteiger partial charge on any atom is 0.106 e. The van der Waals surface area contributed by atoms with Crippen molar-refractivity contribution >= 4 is 0 Å². The Kier molecular flexibility index (Phi) is 2.87. The Bertz CT molecular complexity index is 115. The Morgan fingerprint density at radius 3 is 2.55 bits per heavy atom. The van der Waals surface area contributed by atoms with Crippen molar-refractivity contribution in [2.24, 2.45) is 0 Å². The summed E-state index contributed by atoms with van der Waals surface area (Å²) in [4.78, 5) is 0. The Hall–Kier alpha value is -0.120. The number of ether oxygens (including phenoxy) is 1. The predicted octanol–water partition coefficient (Wildman–Crippen LogP) is 0.296. The molecule has 1 rings (SSSR count). The van der Waals surface area contributed by atoms with E-state index in [0.29, 0.717) is 6.42 Å². The van der Waals surface area contributed by atoms with Gasteiger partial charge in [0.1, 0.15) is 6.10 Å². The second-order valence-electron chi connectivity index (χ2n) is 3.17. The zero-order valence-electron chi connectivity index (χ0n) is 7.03. The summed E-state index contributed by atoms with van der Waals surface area (Å²) >= 11 is 0. The summed E-state index contributed by atoms with van der Waals surface area (Å²) in [6, 6.07) is 0. The highest BCUT2D eigenvalue weighted by Crippen LogP contribution is 2.21. The quantitative estimate of drug-likeness (QED) is 0.580. The van der Waals surface area contributed by atoms with Gasteiger partial charge in [0.2, 0.25) is 0 Å². The zero-order valence-corrected chi connectivity index (χ0v) is 7.03. The van der Waals surface area contributed by atoms with Gasteiger partial charge < -0.3 is 14.9 Å². The lowest BCUT2D eigenvalue weighted by Gasteiger charge is -2.35.